The number of carbonyl (C=O) groups excluding carboxylic acids is 1. The van der Waals surface area contributed by atoms with Crippen LogP contribution in [-0.2, 0) is 11.3 Å². The van der Waals surface area contributed by atoms with Gasteiger partial charge in [-0.3, -0.25) is 0 Å². The maximum Gasteiger partial charge on any atom is 0.338 e. The van der Waals surface area contributed by atoms with Gasteiger partial charge in [-0.25, -0.2) is 14.8 Å². The number of ether oxygens (including phenoxy) is 1. The Morgan fingerprint density at radius 3 is 2.54 bits per heavy atom. The van der Waals surface area contributed by atoms with E-state index in [9.17, 15) is 4.79 Å². The van der Waals surface area contributed by atoms with E-state index in [1.54, 1.807) is 6.07 Å². The molecule has 130 valence electrons. The fourth-order valence-corrected chi connectivity index (χ4v) is 3.07. The summed E-state index contributed by atoms with van der Waals surface area (Å²) >= 11 is 0. The van der Waals surface area contributed by atoms with Crippen molar-refractivity contribution < 1.29 is 9.53 Å². The van der Waals surface area contributed by atoms with Crippen molar-refractivity contribution in [1.29, 1.82) is 0 Å². The van der Waals surface area contributed by atoms with Crippen molar-refractivity contribution >= 4 is 27.9 Å². The molecule has 26 heavy (non-hydrogen) atoms. The molecule has 0 unspecified atom stereocenters. The summed E-state index contributed by atoms with van der Waals surface area (Å²) in [4.78, 5) is 24.9. The summed E-state index contributed by atoms with van der Waals surface area (Å²) in [6.45, 7) is 6.04. The van der Waals surface area contributed by atoms with Gasteiger partial charge in [0.25, 0.3) is 0 Å². The van der Waals surface area contributed by atoms with Crippen LogP contribution in [0.15, 0.2) is 42.5 Å². The fourth-order valence-electron chi connectivity index (χ4n) is 3.07. The average molecular weight is 345 g/mol. The molecule has 1 N–H and O–H groups in total. The van der Waals surface area contributed by atoms with E-state index in [0.29, 0.717) is 11.3 Å². The number of aromatic nitrogens is 3. The number of para-hydroxylation sites is 2. The second-order valence-electron chi connectivity index (χ2n) is 6.46. The number of benzene rings is 2. The second-order valence-corrected chi connectivity index (χ2v) is 6.46. The minimum atomic E-state index is -0.362. The molecule has 0 radical (unpaired) electrons. The van der Waals surface area contributed by atoms with Gasteiger partial charge >= 0.3 is 5.97 Å². The van der Waals surface area contributed by atoms with Crippen LogP contribution in [0.25, 0.3) is 21.9 Å². The number of esters is 1. The molecule has 0 saturated carbocycles. The zero-order valence-electron chi connectivity index (χ0n) is 15.0. The first-order valence-corrected chi connectivity index (χ1v) is 8.51. The molecule has 5 heteroatoms. The van der Waals surface area contributed by atoms with E-state index in [4.69, 9.17) is 4.74 Å². The van der Waals surface area contributed by atoms with Crippen LogP contribution in [-0.4, -0.2) is 20.9 Å². The molecule has 2 heterocycles. The molecule has 0 bridgehead atoms. The first-order valence-electron chi connectivity index (χ1n) is 8.51. The number of carbonyl (C=O) groups is 1. The van der Waals surface area contributed by atoms with Gasteiger partial charge in [0, 0.05) is 16.6 Å². The van der Waals surface area contributed by atoms with Crippen LogP contribution in [0.1, 0.15) is 33.0 Å². The number of aromatic amines is 1. The average Bonchev–Trinajstić information content (AvgIpc) is 2.93. The van der Waals surface area contributed by atoms with Crippen LogP contribution in [0.4, 0.5) is 0 Å². The third-order valence-corrected chi connectivity index (χ3v) is 4.73. The highest BCUT2D eigenvalue weighted by atomic mass is 16.5. The molecule has 0 aliphatic carbocycles. The Bertz CT molecular complexity index is 1140. The number of aryl methyl sites for hydroxylation is 3. The molecular weight excluding hydrogens is 326 g/mol. The van der Waals surface area contributed by atoms with Gasteiger partial charge in [0.2, 0.25) is 0 Å². The van der Waals surface area contributed by atoms with Gasteiger partial charge in [0.15, 0.2) is 0 Å². The van der Waals surface area contributed by atoms with E-state index < -0.39 is 0 Å². The maximum atomic E-state index is 12.5. The summed E-state index contributed by atoms with van der Waals surface area (Å²) in [6, 6.07) is 13.2. The van der Waals surface area contributed by atoms with Gasteiger partial charge in [0.05, 0.1) is 28.0 Å². The van der Waals surface area contributed by atoms with Gasteiger partial charge < -0.3 is 9.72 Å². The van der Waals surface area contributed by atoms with Crippen molar-refractivity contribution in [3.8, 4) is 0 Å². The normalized spacial score (nSPS) is 11.2. The molecular formula is C21H19N3O2. The molecule has 0 atom stereocenters. The Morgan fingerprint density at radius 1 is 1.04 bits per heavy atom. The van der Waals surface area contributed by atoms with Crippen LogP contribution < -0.4 is 0 Å². The highest BCUT2D eigenvalue weighted by molar-refractivity contribution is 5.96. The van der Waals surface area contributed by atoms with Crippen LogP contribution in [0.5, 0.6) is 0 Å². The molecule has 5 nitrogen and oxygen atoms in total. The van der Waals surface area contributed by atoms with Crippen LogP contribution in [0.3, 0.4) is 0 Å². The summed E-state index contributed by atoms with van der Waals surface area (Å²) in [6.07, 6.45) is 0. The van der Waals surface area contributed by atoms with Gasteiger partial charge in [0.1, 0.15) is 6.61 Å². The molecule has 0 fully saturated rings. The van der Waals surface area contributed by atoms with E-state index >= 15 is 0 Å². The number of fused-ring (bicyclic) bond motifs is 2. The van der Waals surface area contributed by atoms with E-state index in [2.05, 4.69) is 15.0 Å². The molecule has 0 saturated heterocycles. The third kappa shape index (κ3) is 2.81. The Morgan fingerprint density at radius 2 is 1.77 bits per heavy atom. The molecule has 0 aliphatic rings. The number of nitrogens with one attached hydrogen (secondary N) is 1. The fraction of sp³-hybridized carbons (Fsp3) is 0.190. The number of hydrogen-bond acceptors (Lipinski definition) is 4. The van der Waals surface area contributed by atoms with Crippen molar-refractivity contribution in [1.82, 2.24) is 15.0 Å². The predicted octanol–water partition coefficient (Wildman–Crippen LogP) is 4.39. The zero-order chi connectivity index (χ0) is 18.3. The molecule has 2 aromatic carbocycles. The lowest BCUT2D eigenvalue weighted by Gasteiger charge is -2.08. The first kappa shape index (κ1) is 16.3. The van der Waals surface area contributed by atoms with Crippen molar-refractivity contribution in [3.63, 3.8) is 0 Å². The molecule has 2 aromatic heterocycles. The largest absolute Gasteiger partial charge is 0.456 e. The van der Waals surface area contributed by atoms with Gasteiger partial charge in [-0.2, -0.15) is 0 Å². The van der Waals surface area contributed by atoms with Crippen LogP contribution >= 0.6 is 0 Å². The van der Waals surface area contributed by atoms with E-state index in [1.165, 1.54) is 0 Å². The topological polar surface area (TPSA) is 67.9 Å². The van der Waals surface area contributed by atoms with E-state index in [-0.39, 0.29) is 12.6 Å². The molecule has 4 aromatic rings. The molecule has 0 spiro atoms. The van der Waals surface area contributed by atoms with Crippen molar-refractivity contribution in [2.75, 3.05) is 0 Å². The third-order valence-electron chi connectivity index (χ3n) is 4.73. The number of H-pyrrole nitrogens is 1. The van der Waals surface area contributed by atoms with Crippen molar-refractivity contribution in [2.24, 2.45) is 0 Å². The Kier molecular flexibility index (Phi) is 3.92. The van der Waals surface area contributed by atoms with Crippen LogP contribution in [0.2, 0.25) is 0 Å². The smallest absolute Gasteiger partial charge is 0.338 e. The molecule has 0 aliphatic heterocycles. The summed E-state index contributed by atoms with van der Waals surface area (Å²) in [7, 11) is 0. The summed E-state index contributed by atoms with van der Waals surface area (Å²) < 4.78 is 5.49. The van der Waals surface area contributed by atoms with E-state index in [0.717, 1.165) is 38.9 Å². The molecule has 4 rings (SSSR count). The van der Waals surface area contributed by atoms with E-state index in [1.807, 2.05) is 57.2 Å². The van der Waals surface area contributed by atoms with Crippen molar-refractivity contribution in [2.45, 2.75) is 27.4 Å². The standard InChI is InChI=1S/C21H19N3O2/c1-12-13(2)22-17-9-8-15(10-16(12)17)21(25)26-11-20-14(3)23-18-6-4-5-7-19(18)24-20/h4-10,22H,11H2,1-3H3. The summed E-state index contributed by atoms with van der Waals surface area (Å²) in [5.41, 5.74) is 6.88. The zero-order valence-corrected chi connectivity index (χ0v) is 15.0. The van der Waals surface area contributed by atoms with Crippen molar-refractivity contribution in [3.05, 3.63) is 70.7 Å². The maximum absolute atomic E-state index is 12.5. The lowest BCUT2D eigenvalue weighted by atomic mass is 10.1. The summed E-state index contributed by atoms with van der Waals surface area (Å²) in [5.74, 6) is -0.362. The monoisotopic (exact) mass is 345 g/mol. The Balaban J connectivity index is 1.57. The SMILES string of the molecule is Cc1nc2ccccc2nc1COC(=O)c1ccc2[nH]c(C)c(C)c2c1. The van der Waals surface area contributed by atoms with Crippen LogP contribution in [0, 0.1) is 20.8 Å². The number of nitrogens with zero attached hydrogens (tertiary/aromatic N) is 2. The van der Waals surface area contributed by atoms with Gasteiger partial charge in [-0.15, -0.1) is 0 Å². The molecule has 0 amide bonds. The number of rotatable bonds is 3. The predicted molar refractivity (Wildman–Crippen MR) is 101 cm³/mol. The first-order chi connectivity index (χ1) is 12.5. The summed E-state index contributed by atoms with van der Waals surface area (Å²) in [5, 5.41) is 1.04. The highest BCUT2D eigenvalue weighted by Gasteiger charge is 2.13. The minimum Gasteiger partial charge on any atom is -0.456 e. The quantitative estimate of drug-likeness (QED) is 0.559. The van der Waals surface area contributed by atoms with Gasteiger partial charge in [-0.1, -0.05) is 12.1 Å². The Labute approximate surface area is 151 Å². The highest BCUT2D eigenvalue weighted by Crippen LogP contribution is 2.23. The number of hydrogen-bond donors (Lipinski definition) is 1. The lowest BCUT2D eigenvalue weighted by Crippen LogP contribution is -2.08. The lowest BCUT2D eigenvalue weighted by molar-refractivity contribution is 0.0467. The minimum absolute atomic E-state index is 0.103. The second kappa shape index (κ2) is 6.26. The van der Waals surface area contributed by atoms with Gasteiger partial charge in [-0.05, 0) is 56.7 Å². The Hall–Kier alpha value is -3.21.